The zero-order valence-electron chi connectivity index (χ0n) is 14.8. The van der Waals surface area contributed by atoms with Crippen molar-refractivity contribution in [3.05, 3.63) is 71.4 Å². The first-order chi connectivity index (χ1) is 12.7. The maximum Gasteiger partial charge on any atom is 0.263 e. The van der Waals surface area contributed by atoms with Crippen LogP contribution in [0, 0.1) is 11.3 Å². The second-order valence-corrected chi connectivity index (χ2v) is 5.43. The van der Waals surface area contributed by atoms with Crippen LogP contribution in [0.5, 0.6) is 11.5 Å². The molecule has 26 heavy (non-hydrogen) atoms. The first kappa shape index (κ1) is 18.9. The van der Waals surface area contributed by atoms with Gasteiger partial charge in [0.2, 0.25) is 0 Å². The summed E-state index contributed by atoms with van der Waals surface area (Å²) in [5.74, 6) is 1.10. The van der Waals surface area contributed by atoms with Gasteiger partial charge in [0.1, 0.15) is 23.1 Å². The smallest absolute Gasteiger partial charge is 0.263 e. The first-order valence-corrected chi connectivity index (χ1v) is 8.04. The van der Waals surface area contributed by atoms with Crippen LogP contribution in [0.2, 0.25) is 0 Å². The van der Waals surface area contributed by atoms with Crippen molar-refractivity contribution in [2.45, 2.75) is 13.1 Å². The molecule has 0 aliphatic heterocycles. The number of nitrogens with one attached hydrogen (secondary N) is 2. The lowest BCUT2D eigenvalue weighted by Crippen LogP contribution is -2.25. The summed E-state index contributed by atoms with van der Waals surface area (Å²) in [4.78, 5) is 12.1. The molecule has 6 nitrogen and oxygen atoms in total. The van der Waals surface area contributed by atoms with E-state index in [4.69, 9.17) is 9.47 Å². The topological polar surface area (TPSA) is 83.4 Å². The van der Waals surface area contributed by atoms with Gasteiger partial charge in [-0.25, -0.2) is 0 Å². The Balaban J connectivity index is 1.86. The molecule has 0 atom stereocenters. The molecule has 2 aromatic carbocycles. The molecule has 0 heterocycles. The van der Waals surface area contributed by atoms with Crippen LogP contribution in [0.25, 0.3) is 0 Å². The Bertz CT molecular complexity index is 791. The lowest BCUT2D eigenvalue weighted by atomic mass is 10.2. The molecule has 0 radical (unpaired) electrons. The Kier molecular flexibility index (Phi) is 7.07. The second-order valence-electron chi connectivity index (χ2n) is 5.43. The van der Waals surface area contributed by atoms with Crippen molar-refractivity contribution in [2.75, 3.05) is 14.2 Å². The van der Waals surface area contributed by atoms with Crippen LogP contribution in [0.4, 0.5) is 0 Å². The van der Waals surface area contributed by atoms with Crippen molar-refractivity contribution in [3.8, 4) is 17.6 Å². The lowest BCUT2D eigenvalue weighted by molar-refractivity contribution is -0.117. The highest BCUT2D eigenvalue weighted by Crippen LogP contribution is 2.12. The number of hydrogen-bond acceptors (Lipinski definition) is 5. The molecule has 0 unspecified atom stereocenters. The minimum atomic E-state index is -0.425. The van der Waals surface area contributed by atoms with Gasteiger partial charge in [-0.3, -0.25) is 4.79 Å². The maximum atomic E-state index is 12.1. The summed E-state index contributed by atoms with van der Waals surface area (Å²) >= 11 is 0. The fourth-order valence-electron chi connectivity index (χ4n) is 2.18. The van der Waals surface area contributed by atoms with E-state index in [-0.39, 0.29) is 5.57 Å². The van der Waals surface area contributed by atoms with E-state index in [9.17, 15) is 10.1 Å². The van der Waals surface area contributed by atoms with Gasteiger partial charge in [-0.2, -0.15) is 5.26 Å². The predicted molar refractivity (Wildman–Crippen MR) is 98.4 cm³/mol. The number of ether oxygens (including phenoxy) is 2. The summed E-state index contributed by atoms with van der Waals surface area (Å²) in [6, 6.07) is 16.8. The number of carbonyl (C=O) groups excluding carboxylic acids is 1. The van der Waals surface area contributed by atoms with Crippen molar-refractivity contribution in [2.24, 2.45) is 0 Å². The van der Waals surface area contributed by atoms with E-state index in [0.717, 1.165) is 22.6 Å². The second kappa shape index (κ2) is 9.74. The van der Waals surface area contributed by atoms with E-state index in [0.29, 0.717) is 13.1 Å². The lowest BCUT2D eigenvalue weighted by Gasteiger charge is -2.07. The van der Waals surface area contributed by atoms with Crippen LogP contribution in [-0.2, 0) is 17.9 Å². The van der Waals surface area contributed by atoms with E-state index in [2.05, 4.69) is 10.6 Å². The maximum absolute atomic E-state index is 12.1. The van der Waals surface area contributed by atoms with Gasteiger partial charge >= 0.3 is 0 Å². The highest BCUT2D eigenvalue weighted by Gasteiger charge is 2.08. The van der Waals surface area contributed by atoms with E-state index in [1.807, 2.05) is 54.6 Å². The molecule has 134 valence electrons. The van der Waals surface area contributed by atoms with Crippen LogP contribution in [0.15, 0.2) is 60.3 Å². The summed E-state index contributed by atoms with van der Waals surface area (Å²) < 4.78 is 10.2. The number of benzene rings is 2. The molecule has 0 aromatic heterocycles. The Morgan fingerprint density at radius 1 is 0.962 bits per heavy atom. The average Bonchev–Trinajstić information content (AvgIpc) is 2.70. The highest BCUT2D eigenvalue weighted by molar-refractivity contribution is 5.97. The van der Waals surface area contributed by atoms with Crippen LogP contribution in [0.1, 0.15) is 11.1 Å². The molecule has 0 aliphatic carbocycles. The predicted octanol–water partition coefficient (Wildman–Crippen LogP) is 2.52. The van der Waals surface area contributed by atoms with Crippen molar-refractivity contribution in [1.82, 2.24) is 10.6 Å². The third kappa shape index (κ3) is 5.56. The van der Waals surface area contributed by atoms with Crippen molar-refractivity contribution >= 4 is 5.91 Å². The normalized spacial score (nSPS) is 10.6. The average molecular weight is 351 g/mol. The molecule has 6 heteroatoms. The first-order valence-electron chi connectivity index (χ1n) is 8.04. The zero-order chi connectivity index (χ0) is 18.8. The number of nitrogens with zero attached hydrogens (tertiary/aromatic N) is 1. The molecule has 1 amide bonds. The summed E-state index contributed by atoms with van der Waals surface area (Å²) in [6.45, 7) is 0.835. The fourth-order valence-corrected chi connectivity index (χ4v) is 2.18. The van der Waals surface area contributed by atoms with Gasteiger partial charge in [0.25, 0.3) is 5.91 Å². The Hall–Kier alpha value is -3.46. The van der Waals surface area contributed by atoms with E-state index in [1.54, 1.807) is 14.2 Å². The van der Waals surface area contributed by atoms with E-state index >= 15 is 0 Å². The number of methoxy groups -OCH3 is 2. The van der Waals surface area contributed by atoms with Crippen molar-refractivity contribution in [3.63, 3.8) is 0 Å². The standard InChI is InChI=1S/C20H21N3O3/c1-25-18-7-3-15(4-8-18)12-22-14-17(11-21)20(24)23-13-16-5-9-19(26-2)10-6-16/h3-10,14,22H,12-13H2,1-2H3,(H,23,24)/b17-14-. The Morgan fingerprint density at radius 2 is 1.46 bits per heavy atom. The molecular formula is C20H21N3O3. The summed E-state index contributed by atoms with van der Waals surface area (Å²) in [6.07, 6.45) is 1.42. The molecule has 0 aliphatic rings. The molecule has 0 saturated heterocycles. The van der Waals surface area contributed by atoms with Gasteiger partial charge in [-0.05, 0) is 35.4 Å². The Morgan fingerprint density at radius 3 is 1.92 bits per heavy atom. The van der Waals surface area contributed by atoms with Crippen molar-refractivity contribution < 1.29 is 14.3 Å². The zero-order valence-corrected chi connectivity index (χ0v) is 14.8. The highest BCUT2D eigenvalue weighted by atomic mass is 16.5. The van der Waals surface area contributed by atoms with Gasteiger partial charge in [0, 0.05) is 19.3 Å². The number of rotatable bonds is 8. The molecule has 2 rings (SSSR count). The van der Waals surface area contributed by atoms with Crippen LogP contribution in [0.3, 0.4) is 0 Å². The minimum absolute atomic E-state index is 0.0204. The molecule has 0 saturated carbocycles. The molecule has 0 fully saturated rings. The number of carbonyl (C=O) groups is 1. The SMILES string of the molecule is COc1ccc(CN/C=C(/C#N)C(=O)NCc2ccc(OC)cc2)cc1. The van der Waals surface area contributed by atoms with Crippen LogP contribution < -0.4 is 20.1 Å². The summed E-state index contributed by atoms with van der Waals surface area (Å²) in [5.41, 5.74) is 1.95. The number of nitriles is 1. The minimum Gasteiger partial charge on any atom is -0.497 e. The van der Waals surface area contributed by atoms with E-state index in [1.165, 1.54) is 6.20 Å². The fraction of sp³-hybridized carbons (Fsp3) is 0.200. The van der Waals surface area contributed by atoms with Crippen molar-refractivity contribution in [1.29, 1.82) is 5.26 Å². The number of amides is 1. The largest absolute Gasteiger partial charge is 0.497 e. The molecular weight excluding hydrogens is 330 g/mol. The monoisotopic (exact) mass is 351 g/mol. The third-order valence-electron chi connectivity index (χ3n) is 3.69. The Labute approximate surface area is 153 Å². The van der Waals surface area contributed by atoms with Gasteiger partial charge in [-0.15, -0.1) is 0 Å². The van der Waals surface area contributed by atoms with Gasteiger partial charge in [0.15, 0.2) is 0 Å². The molecule has 2 N–H and O–H groups in total. The van der Waals surface area contributed by atoms with Gasteiger partial charge in [-0.1, -0.05) is 24.3 Å². The summed E-state index contributed by atoms with van der Waals surface area (Å²) in [5, 5.41) is 14.9. The molecule has 0 spiro atoms. The third-order valence-corrected chi connectivity index (χ3v) is 3.69. The van der Waals surface area contributed by atoms with Crippen LogP contribution in [-0.4, -0.2) is 20.1 Å². The number of hydrogen-bond donors (Lipinski definition) is 2. The quantitative estimate of drug-likeness (QED) is 0.564. The van der Waals surface area contributed by atoms with Gasteiger partial charge < -0.3 is 20.1 Å². The molecule has 2 aromatic rings. The van der Waals surface area contributed by atoms with E-state index < -0.39 is 5.91 Å². The van der Waals surface area contributed by atoms with Gasteiger partial charge in [0.05, 0.1) is 14.2 Å². The molecule has 0 bridgehead atoms. The van der Waals surface area contributed by atoms with Crippen LogP contribution >= 0.6 is 0 Å². The summed E-state index contributed by atoms with van der Waals surface area (Å²) in [7, 11) is 3.21.